The fourth-order valence-corrected chi connectivity index (χ4v) is 6.52. The monoisotopic (exact) mass is 596 g/mol. The Labute approximate surface area is 199 Å². The molecule has 0 aliphatic carbocycles. The summed E-state index contributed by atoms with van der Waals surface area (Å²) in [5.41, 5.74) is 0. The van der Waals surface area contributed by atoms with E-state index in [1.165, 1.54) is 20.7 Å². The molecule has 0 aliphatic rings. The molecule has 0 nitrogen and oxygen atoms in total. The van der Waals surface area contributed by atoms with Crippen molar-refractivity contribution in [1.82, 2.24) is 0 Å². The van der Waals surface area contributed by atoms with Crippen LogP contribution in [0.4, 0.5) is 0 Å². The first-order valence-electron chi connectivity index (χ1n) is 9.64. The first-order valence-corrected chi connectivity index (χ1v) is 13.6. The van der Waals surface area contributed by atoms with Crippen molar-refractivity contribution < 1.29 is 27.7 Å². The van der Waals surface area contributed by atoms with Gasteiger partial charge in [0.1, 0.15) is 17.6 Å². The predicted molar refractivity (Wildman–Crippen MR) is 128 cm³/mol. The molecule has 0 bridgehead atoms. The minimum atomic E-state index is -0.545. The third-order valence-electron chi connectivity index (χ3n) is 4.83. The summed E-state index contributed by atoms with van der Waals surface area (Å²) >= 11 is 0. The van der Waals surface area contributed by atoms with Gasteiger partial charge in [-0.25, -0.2) is 0 Å². The molecule has 4 aromatic rings. The van der Waals surface area contributed by atoms with Crippen molar-refractivity contribution in [2.75, 3.05) is 0 Å². The summed E-state index contributed by atoms with van der Waals surface area (Å²) in [5.74, 6) is 0. The van der Waals surface area contributed by atoms with Crippen LogP contribution >= 0.6 is 0 Å². The number of benzene rings is 4. The zero-order valence-electron chi connectivity index (χ0n) is 17.3. The van der Waals surface area contributed by atoms with E-state index in [2.05, 4.69) is 134 Å². The fourth-order valence-electron chi connectivity index (χ4n) is 3.09. The quantitative estimate of drug-likeness (QED) is 0.315. The molecule has 0 amide bonds. The van der Waals surface area contributed by atoms with Crippen LogP contribution in [0.25, 0.3) is 0 Å². The van der Waals surface area contributed by atoms with E-state index in [9.17, 15) is 0 Å². The largest absolute Gasteiger partial charge is 0.118 e. The maximum Gasteiger partial charge on any atom is 0.118 e. The summed E-state index contributed by atoms with van der Waals surface area (Å²) in [6.07, 6.45) is 0. The molecular formula is C26H26HgSi2. The van der Waals surface area contributed by atoms with Crippen molar-refractivity contribution in [1.29, 1.82) is 0 Å². The van der Waals surface area contributed by atoms with Crippen LogP contribution < -0.4 is 20.7 Å². The van der Waals surface area contributed by atoms with Crippen molar-refractivity contribution in [3.05, 3.63) is 121 Å². The van der Waals surface area contributed by atoms with Gasteiger partial charge in [-0.2, -0.15) is 0 Å². The van der Waals surface area contributed by atoms with Gasteiger partial charge in [-0.05, 0) is 0 Å². The van der Waals surface area contributed by atoms with E-state index >= 15 is 0 Å². The van der Waals surface area contributed by atoms with Crippen LogP contribution in [0.2, 0.25) is 13.1 Å². The van der Waals surface area contributed by atoms with Crippen LogP contribution in [0.3, 0.4) is 0 Å². The van der Waals surface area contributed by atoms with E-state index in [0.29, 0.717) is 0 Å². The summed E-state index contributed by atoms with van der Waals surface area (Å²) in [7, 11) is -1.09. The summed E-state index contributed by atoms with van der Waals surface area (Å²) in [6, 6.07) is 43.0. The van der Waals surface area contributed by atoms with E-state index in [4.69, 9.17) is 0 Å². The second-order valence-corrected chi connectivity index (χ2v) is 11.5. The van der Waals surface area contributed by atoms with Crippen molar-refractivity contribution in [2.24, 2.45) is 0 Å². The standard InChI is InChI=1S/2C13H13Si.Hg/c2*1-14(12-8-4-2-5-9-12)13-10-6-3-7-11-13;/h2*2-11H,1H3;. The van der Waals surface area contributed by atoms with Gasteiger partial charge in [-0.1, -0.05) is 155 Å². The van der Waals surface area contributed by atoms with Crippen molar-refractivity contribution in [2.45, 2.75) is 13.1 Å². The van der Waals surface area contributed by atoms with Gasteiger partial charge in [0.15, 0.2) is 0 Å². The van der Waals surface area contributed by atoms with Gasteiger partial charge in [0.2, 0.25) is 0 Å². The van der Waals surface area contributed by atoms with Crippen LogP contribution in [-0.2, 0) is 27.7 Å². The Morgan fingerprint density at radius 3 is 0.690 bits per heavy atom. The average Bonchev–Trinajstić information content (AvgIpc) is 2.81. The molecule has 0 heterocycles. The van der Waals surface area contributed by atoms with E-state index in [1.54, 1.807) is 0 Å². The molecule has 0 aliphatic heterocycles. The molecule has 4 aromatic carbocycles. The summed E-state index contributed by atoms with van der Waals surface area (Å²) in [6.45, 7) is 4.69. The molecule has 4 rings (SSSR count). The number of hydrogen-bond acceptors (Lipinski definition) is 0. The first-order chi connectivity index (χ1) is 13.8. The maximum absolute atomic E-state index is 2.34. The molecule has 2 radical (unpaired) electrons. The van der Waals surface area contributed by atoms with Crippen LogP contribution in [0.1, 0.15) is 0 Å². The molecule has 140 valence electrons. The SMILES string of the molecule is C[Si](c1ccccc1)c1ccccc1.C[Si](c1ccccc1)c1ccccc1.[Hg]. The Bertz CT molecular complexity index is 769. The molecule has 0 N–H and O–H groups in total. The minimum Gasteiger partial charge on any atom is -0.0628 e. The smallest absolute Gasteiger partial charge is 0.0628 e. The van der Waals surface area contributed by atoms with Crippen LogP contribution in [-0.4, -0.2) is 17.6 Å². The third kappa shape index (κ3) is 7.22. The number of rotatable bonds is 4. The van der Waals surface area contributed by atoms with E-state index in [1.807, 2.05) is 0 Å². The molecule has 29 heavy (non-hydrogen) atoms. The second-order valence-electron chi connectivity index (χ2n) is 6.71. The van der Waals surface area contributed by atoms with Gasteiger partial charge in [-0.15, -0.1) is 0 Å². The third-order valence-corrected chi connectivity index (χ3v) is 9.62. The molecular weight excluding hydrogens is 569 g/mol. The van der Waals surface area contributed by atoms with Crippen LogP contribution in [0.5, 0.6) is 0 Å². The van der Waals surface area contributed by atoms with Gasteiger partial charge in [-0.3, -0.25) is 0 Å². The Kier molecular flexibility index (Phi) is 10.3. The van der Waals surface area contributed by atoms with Crippen LogP contribution in [0.15, 0.2) is 121 Å². The topological polar surface area (TPSA) is 0 Å². The van der Waals surface area contributed by atoms with E-state index < -0.39 is 17.6 Å². The zero-order valence-corrected chi connectivity index (χ0v) is 24.8. The van der Waals surface area contributed by atoms with Gasteiger partial charge in [0.05, 0.1) is 0 Å². The maximum atomic E-state index is 2.34. The second kappa shape index (κ2) is 12.7. The molecule has 0 saturated heterocycles. The summed E-state index contributed by atoms with van der Waals surface area (Å²) in [4.78, 5) is 0. The van der Waals surface area contributed by atoms with Gasteiger partial charge >= 0.3 is 0 Å². The fraction of sp³-hybridized carbons (Fsp3) is 0.0769. The first kappa shape index (κ1) is 23.5. The van der Waals surface area contributed by atoms with E-state index in [-0.39, 0.29) is 27.7 Å². The molecule has 0 saturated carbocycles. The van der Waals surface area contributed by atoms with Crippen molar-refractivity contribution in [3.63, 3.8) is 0 Å². The van der Waals surface area contributed by atoms with Gasteiger partial charge < -0.3 is 0 Å². The predicted octanol–water partition coefficient (Wildman–Crippen LogP) is 3.85. The number of hydrogen-bond donors (Lipinski definition) is 0. The Morgan fingerprint density at radius 1 is 0.345 bits per heavy atom. The van der Waals surface area contributed by atoms with E-state index in [0.717, 1.165) is 0 Å². The Hall–Kier alpha value is -1.75. The normalized spacial score (nSPS) is 10.1. The summed E-state index contributed by atoms with van der Waals surface area (Å²) < 4.78 is 0. The van der Waals surface area contributed by atoms with Crippen LogP contribution in [0, 0.1) is 0 Å². The van der Waals surface area contributed by atoms with Gasteiger partial charge in [0.25, 0.3) is 0 Å². The Balaban J connectivity index is 0.000000200. The molecule has 0 fully saturated rings. The minimum absolute atomic E-state index is 0. The average molecular weight is 595 g/mol. The molecule has 0 aromatic heterocycles. The summed E-state index contributed by atoms with van der Waals surface area (Å²) in [5, 5.41) is 5.90. The van der Waals surface area contributed by atoms with Crippen molar-refractivity contribution in [3.8, 4) is 0 Å². The molecule has 3 heteroatoms. The van der Waals surface area contributed by atoms with Gasteiger partial charge in [0, 0.05) is 27.7 Å². The molecule has 0 unspecified atom stereocenters. The van der Waals surface area contributed by atoms with Crippen molar-refractivity contribution >= 4 is 38.3 Å². The molecule has 0 atom stereocenters. The Morgan fingerprint density at radius 2 is 0.517 bits per heavy atom. The zero-order chi connectivity index (χ0) is 19.6. The molecule has 0 spiro atoms.